The molecule has 1 aliphatic heterocycles. The number of nitro groups is 2. The lowest BCUT2D eigenvalue weighted by molar-refractivity contribution is -0.394. The van der Waals surface area contributed by atoms with Gasteiger partial charge in [-0.05, 0) is 43.5 Å². The molecule has 0 aromatic heterocycles. The first-order valence-electron chi connectivity index (χ1n) is 7.84. The van der Waals surface area contributed by atoms with Crippen molar-refractivity contribution in [1.29, 1.82) is 0 Å². The van der Waals surface area contributed by atoms with Gasteiger partial charge in [-0.1, -0.05) is 0 Å². The van der Waals surface area contributed by atoms with Gasteiger partial charge in [-0.15, -0.1) is 0 Å². The molecule has 26 heavy (non-hydrogen) atoms. The number of nitrogens with zero attached hydrogens (tertiary/aromatic N) is 3. The minimum Gasteiger partial charge on any atom is -0.305 e. The lowest BCUT2D eigenvalue weighted by Gasteiger charge is -2.35. The van der Waals surface area contributed by atoms with Crippen molar-refractivity contribution in [1.82, 2.24) is 0 Å². The number of nitro benzene ring substituents is 2. The molecule has 0 bridgehead atoms. The van der Waals surface area contributed by atoms with Crippen LogP contribution in [0.1, 0.15) is 29.3 Å². The topological polar surface area (TPSA) is 107 Å². The van der Waals surface area contributed by atoms with Crippen molar-refractivity contribution in [2.75, 3.05) is 4.90 Å². The van der Waals surface area contributed by atoms with Gasteiger partial charge < -0.3 is 4.90 Å². The fraction of sp³-hybridized carbons (Fsp3) is 0.235. The van der Waals surface area contributed by atoms with Gasteiger partial charge >= 0.3 is 0 Å². The van der Waals surface area contributed by atoms with E-state index in [-0.39, 0.29) is 11.6 Å². The molecule has 0 spiro atoms. The summed E-state index contributed by atoms with van der Waals surface area (Å²) < 4.78 is 13.5. The summed E-state index contributed by atoms with van der Waals surface area (Å²) in [6, 6.07) is 6.65. The number of benzene rings is 2. The molecule has 0 saturated heterocycles. The summed E-state index contributed by atoms with van der Waals surface area (Å²) in [7, 11) is 0. The average molecular weight is 359 g/mol. The summed E-state index contributed by atoms with van der Waals surface area (Å²) in [6.07, 6.45) is 1.17. The molecule has 0 saturated carbocycles. The van der Waals surface area contributed by atoms with Gasteiger partial charge in [-0.3, -0.25) is 25.0 Å². The monoisotopic (exact) mass is 359 g/mol. The van der Waals surface area contributed by atoms with Crippen LogP contribution in [-0.4, -0.2) is 21.8 Å². The van der Waals surface area contributed by atoms with Crippen LogP contribution in [0.3, 0.4) is 0 Å². The molecule has 2 aromatic carbocycles. The van der Waals surface area contributed by atoms with E-state index in [1.54, 1.807) is 6.92 Å². The van der Waals surface area contributed by atoms with Crippen LogP contribution in [0.5, 0.6) is 0 Å². The molecule has 1 aliphatic rings. The minimum atomic E-state index is -0.785. The van der Waals surface area contributed by atoms with Crippen LogP contribution in [0.25, 0.3) is 0 Å². The van der Waals surface area contributed by atoms with Crippen molar-refractivity contribution in [2.45, 2.75) is 25.8 Å². The molecule has 0 fully saturated rings. The third-order valence-electron chi connectivity index (χ3n) is 4.36. The van der Waals surface area contributed by atoms with Crippen molar-refractivity contribution in [3.05, 3.63) is 73.6 Å². The van der Waals surface area contributed by atoms with Crippen LogP contribution in [0.2, 0.25) is 0 Å². The first-order chi connectivity index (χ1) is 12.3. The molecular formula is C17H14FN3O5. The summed E-state index contributed by atoms with van der Waals surface area (Å²) in [4.78, 5) is 34.9. The highest BCUT2D eigenvalue weighted by Gasteiger charge is 2.31. The van der Waals surface area contributed by atoms with Crippen molar-refractivity contribution >= 4 is 23.0 Å². The molecule has 0 aliphatic carbocycles. The second-order valence-corrected chi connectivity index (χ2v) is 6.09. The largest absolute Gasteiger partial charge is 0.305 e. The van der Waals surface area contributed by atoms with Crippen LogP contribution < -0.4 is 4.90 Å². The van der Waals surface area contributed by atoms with Crippen molar-refractivity contribution < 1.29 is 19.0 Å². The van der Waals surface area contributed by atoms with Crippen LogP contribution in [-0.2, 0) is 6.42 Å². The Morgan fingerprint density at radius 1 is 1.12 bits per heavy atom. The van der Waals surface area contributed by atoms with E-state index in [0.717, 1.165) is 18.2 Å². The summed E-state index contributed by atoms with van der Waals surface area (Å²) >= 11 is 0. The molecule has 134 valence electrons. The van der Waals surface area contributed by atoms with Gasteiger partial charge in [0.2, 0.25) is 0 Å². The van der Waals surface area contributed by atoms with Gasteiger partial charge in [0.15, 0.2) is 0 Å². The third-order valence-corrected chi connectivity index (χ3v) is 4.36. The first kappa shape index (κ1) is 17.5. The number of anilines is 1. The van der Waals surface area contributed by atoms with Gasteiger partial charge in [0.25, 0.3) is 17.3 Å². The first-order valence-corrected chi connectivity index (χ1v) is 7.84. The van der Waals surface area contributed by atoms with Crippen LogP contribution >= 0.6 is 0 Å². The number of rotatable bonds is 3. The maximum Gasteiger partial charge on any atom is 0.277 e. The van der Waals surface area contributed by atoms with Crippen molar-refractivity contribution in [2.24, 2.45) is 0 Å². The highest BCUT2D eigenvalue weighted by Crippen LogP contribution is 2.33. The van der Waals surface area contributed by atoms with E-state index in [2.05, 4.69) is 0 Å². The van der Waals surface area contributed by atoms with Gasteiger partial charge in [0.1, 0.15) is 5.82 Å². The number of fused-ring (bicyclic) bond motifs is 1. The van der Waals surface area contributed by atoms with Gasteiger partial charge in [0, 0.05) is 23.9 Å². The number of aryl methyl sites for hydroxylation is 1. The maximum atomic E-state index is 13.5. The van der Waals surface area contributed by atoms with E-state index in [1.165, 1.54) is 23.1 Å². The summed E-state index contributed by atoms with van der Waals surface area (Å²) in [5.41, 5.74) is -0.0753. The number of amides is 1. The normalized spacial score (nSPS) is 16.1. The predicted octanol–water partition coefficient (Wildman–Crippen LogP) is 3.62. The Balaban J connectivity index is 2.10. The van der Waals surface area contributed by atoms with E-state index in [9.17, 15) is 29.4 Å². The number of carbonyl (C=O) groups is 1. The SMILES string of the molecule is CC1CCc2cc(F)ccc2N1C(=O)c1cc([N+](=O)[O-])cc([N+](=O)[O-])c1. The molecule has 1 amide bonds. The number of non-ortho nitro benzene ring substituents is 2. The van der Waals surface area contributed by atoms with Crippen molar-refractivity contribution in [3.8, 4) is 0 Å². The lowest BCUT2D eigenvalue weighted by atomic mass is 9.95. The molecule has 8 nitrogen and oxygen atoms in total. The Labute approximate surface area is 147 Å². The Hall–Kier alpha value is -3.36. The molecule has 2 aromatic rings. The van der Waals surface area contributed by atoms with Gasteiger partial charge in [0.05, 0.1) is 21.5 Å². The smallest absolute Gasteiger partial charge is 0.277 e. The second kappa shape index (κ2) is 6.51. The standard InChI is InChI=1S/C17H14FN3O5/c1-10-2-3-11-6-13(18)4-5-16(11)19(10)17(22)12-7-14(20(23)24)9-15(8-12)21(25)26/h4-10H,2-3H2,1H3. The average Bonchev–Trinajstić information content (AvgIpc) is 2.60. The molecule has 0 radical (unpaired) electrons. The van der Waals surface area contributed by atoms with Crippen LogP contribution in [0, 0.1) is 26.0 Å². The third kappa shape index (κ3) is 3.10. The van der Waals surface area contributed by atoms with Crippen molar-refractivity contribution in [3.63, 3.8) is 0 Å². The van der Waals surface area contributed by atoms with E-state index in [0.29, 0.717) is 24.1 Å². The number of hydrogen-bond donors (Lipinski definition) is 0. The fourth-order valence-electron chi connectivity index (χ4n) is 3.10. The molecular weight excluding hydrogens is 345 g/mol. The molecule has 1 atom stereocenters. The molecule has 1 unspecified atom stereocenters. The number of carbonyl (C=O) groups excluding carboxylic acids is 1. The zero-order valence-corrected chi connectivity index (χ0v) is 13.7. The molecule has 3 rings (SSSR count). The summed E-state index contributed by atoms with van der Waals surface area (Å²) in [5, 5.41) is 22.1. The highest BCUT2D eigenvalue weighted by atomic mass is 19.1. The Kier molecular flexibility index (Phi) is 4.37. The van der Waals surface area contributed by atoms with E-state index >= 15 is 0 Å². The van der Waals surface area contributed by atoms with Crippen LogP contribution in [0.4, 0.5) is 21.5 Å². The van der Waals surface area contributed by atoms with E-state index in [1.807, 2.05) is 0 Å². The number of hydrogen-bond acceptors (Lipinski definition) is 5. The second-order valence-electron chi connectivity index (χ2n) is 6.09. The van der Waals surface area contributed by atoms with E-state index < -0.39 is 32.9 Å². The molecule has 0 N–H and O–H groups in total. The Bertz CT molecular complexity index is 898. The van der Waals surface area contributed by atoms with Gasteiger partial charge in [-0.25, -0.2) is 4.39 Å². The Morgan fingerprint density at radius 2 is 1.73 bits per heavy atom. The Morgan fingerprint density at radius 3 is 2.31 bits per heavy atom. The number of halogens is 1. The maximum absolute atomic E-state index is 13.5. The molecule has 9 heteroatoms. The zero-order chi connectivity index (χ0) is 19.0. The van der Waals surface area contributed by atoms with E-state index in [4.69, 9.17) is 0 Å². The minimum absolute atomic E-state index is 0.157. The summed E-state index contributed by atoms with van der Waals surface area (Å²) in [5.74, 6) is -1.02. The fourth-order valence-corrected chi connectivity index (χ4v) is 3.10. The lowest BCUT2D eigenvalue weighted by Crippen LogP contribution is -2.42. The van der Waals surface area contributed by atoms with Gasteiger partial charge in [-0.2, -0.15) is 0 Å². The van der Waals surface area contributed by atoms with Crippen LogP contribution in [0.15, 0.2) is 36.4 Å². The zero-order valence-electron chi connectivity index (χ0n) is 13.7. The molecule has 1 heterocycles. The quantitative estimate of drug-likeness (QED) is 0.614. The summed E-state index contributed by atoms with van der Waals surface area (Å²) in [6.45, 7) is 1.80. The highest BCUT2D eigenvalue weighted by molar-refractivity contribution is 6.08. The predicted molar refractivity (Wildman–Crippen MR) is 90.7 cm³/mol.